The van der Waals surface area contributed by atoms with Gasteiger partial charge in [0, 0.05) is 24.9 Å². The van der Waals surface area contributed by atoms with Crippen molar-refractivity contribution in [1.82, 2.24) is 14.1 Å². The number of nitriles is 1. The van der Waals surface area contributed by atoms with Gasteiger partial charge in [-0.25, -0.2) is 14.8 Å². The number of benzene rings is 2. The Morgan fingerprint density at radius 3 is 2.19 bits per heavy atom. The number of nitrogens with one attached hydrogen (secondary N) is 1. The van der Waals surface area contributed by atoms with E-state index in [0.717, 1.165) is 9.13 Å². The topological polar surface area (TPSA) is 129 Å². The van der Waals surface area contributed by atoms with Crippen molar-refractivity contribution >= 4 is 16.3 Å². The molecule has 0 unspecified atom stereocenters. The fourth-order valence-electron chi connectivity index (χ4n) is 3.86. The predicted molar refractivity (Wildman–Crippen MR) is 117 cm³/mol. The minimum absolute atomic E-state index is 0.0667. The van der Waals surface area contributed by atoms with E-state index in [1.165, 1.54) is 14.1 Å². The molecule has 32 heavy (non-hydrogen) atoms. The first kappa shape index (κ1) is 19.3. The van der Waals surface area contributed by atoms with E-state index in [2.05, 4.69) is 21.0 Å². The molecule has 2 aromatic heterocycles. The number of nitrogens with zero attached hydrogens (tertiary/aromatic N) is 5. The number of H-pyrrole nitrogens is 1. The van der Waals surface area contributed by atoms with Gasteiger partial charge in [-0.2, -0.15) is 5.26 Å². The first-order valence-electron chi connectivity index (χ1n) is 9.69. The van der Waals surface area contributed by atoms with Crippen LogP contribution in [0, 0.1) is 11.3 Å². The van der Waals surface area contributed by atoms with E-state index in [4.69, 9.17) is 0 Å². The molecule has 0 bridgehead atoms. The Bertz CT molecular complexity index is 1730. The maximum Gasteiger partial charge on any atom is 0.333 e. The lowest BCUT2D eigenvalue weighted by Gasteiger charge is -2.09. The van der Waals surface area contributed by atoms with E-state index in [0.29, 0.717) is 32.9 Å². The molecule has 0 atom stereocenters. The number of para-hydroxylation sites is 2. The molecule has 1 aliphatic rings. The van der Waals surface area contributed by atoms with Crippen LogP contribution in [0.4, 0.5) is 0 Å². The van der Waals surface area contributed by atoms with Gasteiger partial charge in [-0.15, -0.1) is 0 Å². The molecule has 3 heterocycles. The SMILES string of the molecule is Cn1c(O)c(-c2[nH]c(C(C#N)=C3N=c4ccccc4=N3)c3ccccc23)c(=O)n(C)c1=O. The molecule has 0 radical (unpaired) electrons. The molecule has 0 saturated carbocycles. The van der Waals surface area contributed by atoms with Gasteiger partial charge in [-0.3, -0.25) is 13.9 Å². The normalized spacial score (nSPS) is 12.2. The summed E-state index contributed by atoms with van der Waals surface area (Å²) in [7, 11) is 2.72. The van der Waals surface area contributed by atoms with E-state index >= 15 is 0 Å². The zero-order valence-electron chi connectivity index (χ0n) is 17.1. The molecule has 156 valence electrons. The second-order valence-corrected chi connectivity index (χ2v) is 7.35. The summed E-state index contributed by atoms with van der Waals surface area (Å²) in [5.41, 5.74) is -0.448. The van der Waals surface area contributed by atoms with Gasteiger partial charge < -0.3 is 10.1 Å². The molecular formula is C23H16N6O3. The minimum Gasteiger partial charge on any atom is -0.494 e. The van der Waals surface area contributed by atoms with Crippen LogP contribution in [-0.2, 0) is 14.1 Å². The predicted octanol–water partition coefficient (Wildman–Crippen LogP) is 1.08. The van der Waals surface area contributed by atoms with Crippen molar-refractivity contribution in [2.75, 3.05) is 0 Å². The third-order valence-electron chi connectivity index (χ3n) is 5.52. The Balaban J connectivity index is 1.87. The second-order valence-electron chi connectivity index (χ2n) is 7.35. The highest BCUT2D eigenvalue weighted by Gasteiger charge is 2.24. The van der Waals surface area contributed by atoms with E-state index in [1.54, 1.807) is 24.3 Å². The highest BCUT2D eigenvalue weighted by atomic mass is 16.3. The third-order valence-corrected chi connectivity index (χ3v) is 5.52. The van der Waals surface area contributed by atoms with Gasteiger partial charge in [0.1, 0.15) is 17.2 Å². The van der Waals surface area contributed by atoms with Crippen molar-refractivity contribution in [1.29, 1.82) is 5.26 Å². The monoisotopic (exact) mass is 424 g/mol. The van der Waals surface area contributed by atoms with Gasteiger partial charge in [0.2, 0.25) is 5.88 Å². The number of hydrogen-bond acceptors (Lipinski definition) is 6. The zero-order valence-corrected chi connectivity index (χ0v) is 17.1. The minimum atomic E-state index is -0.655. The number of aromatic amines is 1. The van der Waals surface area contributed by atoms with Gasteiger partial charge in [0.05, 0.1) is 22.1 Å². The molecule has 5 rings (SSSR count). The van der Waals surface area contributed by atoms with Gasteiger partial charge in [-0.05, 0) is 12.1 Å². The molecule has 2 N–H and O–H groups in total. The van der Waals surface area contributed by atoms with Crippen LogP contribution in [0.1, 0.15) is 5.69 Å². The average molecular weight is 424 g/mol. The third kappa shape index (κ3) is 2.63. The molecule has 0 spiro atoms. The van der Waals surface area contributed by atoms with Crippen LogP contribution in [0.5, 0.6) is 5.88 Å². The molecule has 9 heteroatoms. The van der Waals surface area contributed by atoms with E-state index in [9.17, 15) is 20.0 Å². The van der Waals surface area contributed by atoms with Crippen LogP contribution in [0.2, 0.25) is 0 Å². The number of aromatic nitrogens is 3. The van der Waals surface area contributed by atoms with Crippen molar-refractivity contribution in [3.8, 4) is 23.2 Å². The van der Waals surface area contributed by atoms with Crippen molar-refractivity contribution < 1.29 is 5.11 Å². The number of hydrogen-bond donors (Lipinski definition) is 2. The molecule has 4 aromatic rings. The number of aromatic hydroxyl groups is 1. The lowest BCUT2D eigenvalue weighted by Crippen LogP contribution is -2.37. The lowest BCUT2D eigenvalue weighted by molar-refractivity contribution is 0.414. The molecule has 0 amide bonds. The summed E-state index contributed by atoms with van der Waals surface area (Å²) in [5, 5.41) is 23.2. The summed E-state index contributed by atoms with van der Waals surface area (Å²) in [6.07, 6.45) is 0. The van der Waals surface area contributed by atoms with Crippen molar-refractivity contribution in [2.45, 2.75) is 0 Å². The van der Waals surface area contributed by atoms with Crippen molar-refractivity contribution in [3.05, 3.63) is 91.6 Å². The Kier molecular flexibility index (Phi) is 4.17. The van der Waals surface area contributed by atoms with Gasteiger partial charge >= 0.3 is 5.69 Å². The van der Waals surface area contributed by atoms with Crippen LogP contribution in [0.3, 0.4) is 0 Å². The van der Waals surface area contributed by atoms with E-state index < -0.39 is 17.1 Å². The molecule has 9 nitrogen and oxygen atoms in total. The second kappa shape index (κ2) is 6.92. The Hall–Kier alpha value is -4.71. The lowest BCUT2D eigenvalue weighted by atomic mass is 10.1. The van der Waals surface area contributed by atoms with Crippen LogP contribution in [-0.4, -0.2) is 19.2 Å². The first-order chi connectivity index (χ1) is 15.4. The fourth-order valence-corrected chi connectivity index (χ4v) is 3.86. The maximum atomic E-state index is 12.9. The van der Waals surface area contributed by atoms with Crippen molar-refractivity contribution in [2.24, 2.45) is 24.1 Å². The molecule has 1 aliphatic heterocycles. The Morgan fingerprint density at radius 1 is 0.969 bits per heavy atom. The van der Waals surface area contributed by atoms with Gasteiger partial charge in [0.15, 0.2) is 5.82 Å². The Morgan fingerprint density at radius 2 is 1.56 bits per heavy atom. The average Bonchev–Trinajstić information content (AvgIpc) is 3.40. The molecule has 0 aliphatic carbocycles. The fraction of sp³-hybridized carbons (Fsp3) is 0.0870. The summed E-state index contributed by atoms with van der Waals surface area (Å²) in [6.45, 7) is 0. The number of rotatable bonds is 2. The highest BCUT2D eigenvalue weighted by molar-refractivity contribution is 6.04. The van der Waals surface area contributed by atoms with E-state index in [1.807, 2.05) is 24.3 Å². The maximum absolute atomic E-state index is 12.9. The smallest absolute Gasteiger partial charge is 0.333 e. The van der Waals surface area contributed by atoms with Gasteiger partial charge in [0.25, 0.3) is 5.56 Å². The van der Waals surface area contributed by atoms with Crippen molar-refractivity contribution in [3.63, 3.8) is 0 Å². The van der Waals surface area contributed by atoms with Crippen LogP contribution < -0.4 is 22.0 Å². The first-order valence-corrected chi connectivity index (χ1v) is 9.69. The Labute approximate surface area is 180 Å². The van der Waals surface area contributed by atoms with Crippen LogP contribution in [0.15, 0.2) is 73.9 Å². The summed E-state index contributed by atoms with van der Waals surface area (Å²) in [6, 6.07) is 16.6. The zero-order chi connectivity index (χ0) is 22.6. The molecule has 2 aromatic carbocycles. The number of allylic oxidation sites excluding steroid dienone is 1. The highest BCUT2D eigenvalue weighted by Crippen LogP contribution is 2.36. The van der Waals surface area contributed by atoms with Crippen LogP contribution in [0.25, 0.3) is 27.6 Å². The number of fused-ring (bicyclic) bond motifs is 2. The summed E-state index contributed by atoms with van der Waals surface area (Å²) in [5.74, 6) is -0.213. The molecular weight excluding hydrogens is 408 g/mol. The molecule has 0 fully saturated rings. The molecule has 0 saturated heterocycles. The summed E-state index contributed by atoms with van der Waals surface area (Å²) >= 11 is 0. The summed E-state index contributed by atoms with van der Waals surface area (Å²) < 4.78 is 1.92. The standard InChI is InChI=1S/C23H16N6O3/c1-28-21(30)17(22(31)29(2)23(28)32)19-13-8-4-3-7-12(13)18(27-19)14(11-24)20-25-15-9-5-6-10-16(15)26-20/h3-10,27,30H,1-2H3. The van der Waals surface area contributed by atoms with Gasteiger partial charge in [-0.1, -0.05) is 36.4 Å². The van der Waals surface area contributed by atoms with E-state index in [-0.39, 0.29) is 17.0 Å². The largest absolute Gasteiger partial charge is 0.494 e. The quantitative estimate of drug-likeness (QED) is 0.467. The van der Waals surface area contributed by atoms with Crippen LogP contribution >= 0.6 is 0 Å². The summed E-state index contributed by atoms with van der Waals surface area (Å²) in [4.78, 5) is 37.2.